The van der Waals surface area contributed by atoms with Crippen molar-refractivity contribution in [3.05, 3.63) is 38.9 Å². The third kappa shape index (κ3) is 2.30. The first-order valence-corrected chi connectivity index (χ1v) is 4.23. The molecular weight excluding hydrogens is 227 g/mol. The monoisotopic (exact) mass is 235 g/mol. The fourth-order valence-corrected chi connectivity index (χ4v) is 1.40. The van der Waals surface area contributed by atoms with Gasteiger partial charge in [0.05, 0.1) is 11.5 Å². The second kappa shape index (κ2) is 4.09. The Bertz CT molecular complexity index is 429. The standard InChI is InChI=1S/C9H8F3NO3/c1-5-2-6(4-14)3-7(9(10,11)12)8(5)13(15)16/h2-3,14H,4H2,1H3. The van der Waals surface area contributed by atoms with Gasteiger partial charge in [0.25, 0.3) is 5.69 Å². The van der Waals surface area contributed by atoms with Gasteiger partial charge in [0.15, 0.2) is 0 Å². The lowest BCUT2D eigenvalue weighted by atomic mass is 10.0. The molecule has 1 aromatic carbocycles. The van der Waals surface area contributed by atoms with Crippen LogP contribution in [0.3, 0.4) is 0 Å². The number of benzene rings is 1. The molecule has 7 heteroatoms. The molecule has 88 valence electrons. The molecule has 0 heterocycles. The molecule has 0 aliphatic rings. The summed E-state index contributed by atoms with van der Waals surface area (Å²) in [4.78, 5) is 9.46. The van der Waals surface area contributed by atoms with Crippen molar-refractivity contribution >= 4 is 5.69 Å². The summed E-state index contributed by atoms with van der Waals surface area (Å²) in [5.74, 6) is 0. The first-order chi connectivity index (χ1) is 7.27. The molecule has 1 rings (SSSR count). The molecule has 0 radical (unpaired) electrons. The van der Waals surface area contributed by atoms with Gasteiger partial charge in [0.2, 0.25) is 0 Å². The molecule has 0 saturated carbocycles. The average molecular weight is 235 g/mol. The highest BCUT2D eigenvalue weighted by Gasteiger charge is 2.39. The summed E-state index contributed by atoms with van der Waals surface area (Å²) in [7, 11) is 0. The lowest BCUT2D eigenvalue weighted by molar-refractivity contribution is -0.388. The number of hydrogen-bond acceptors (Lipinski definition) is 3. The third-order valence-corrected chi connectivity index (χ3v) is 2.03. The number of rotatable bonds is 2. The predicted octanol–water partition coefficient (Wildman–Crippen LogP) is 2.41. The SMILES string of the molecule is Cc1cc(CO)cc(C(F)(F)F)c1[N+](=O)[O-]. The van der Waals surface area contributed by atoms with E-state index >= 15 is 0 Å². The number of nitro benzene ring substituents is 1. The van der Waals surface area contributed by atoms with Crippen LogP contribution in [-0.4, -0.2) is 10.0 Å². The Morgan fingerprint density at radius 1 is 1.44 bits per heavy atom. The number of nitro groups is 1. The minimum Gasteiger partial charge on any atom is -0.392 e. The van der Waals surface area contributed by atoms with Crippen LogP contribution in [0.15, 0.2) is 12.1 Å². The Balaban J connectivity index is 3.53. The molecule has 0 aliphatic heterocycles. The zero-order chi connectivity index (χ0) is 12.5. The quantitative estimate of drug-likeness (QED) is 0.632. The van der Waals surface area contributed by atoms with E-state index < -0.39 is 29.0 Å². The lowest BCUT2D eigenvalue weighted by Crippen LogP contribution is -2.11. The summed E-state index contributed by atoms with van der Waals surface area (Å²) in [5, 5.41) is 19.3. The van der Waals surface area contributed by atoms with Gasteiger partial charge in [0, 0.05) is 5.56 Å². The van der Waals surface area contributed by atoms with Gasteiger partial charge < -0.3 is 5.11 Å². The lowest BCUT2D eigenvalue weighted by Gasteiger charge is -2.10. The normalized spacial score (nSPS) is 11.6. The number of halogens is 3. The largest absolute Gasteiger partial charge is 0.423 e. The molecule has 0 atom stereocenters. The molecule has 0 fully saturated rings. The Kier molecular flexibility index (Phi) is 3.18. The van der Waals surface area contributed by atoms with Crippen LogP contribution in [-0.2, 0) is 12.8 Å². The van der Waals surface area contributed by atoms with Gasteiger partial charge in [-0.25, -0.2) is 0 Å². The second-order valence-electron chi connectivity index (χ2n) is 3.22. The van der Waals surface area contributed by atoms with E-state index in [2.05, 4.69) is 0 Å². The van der Waals surface area contributed by atoms with Crippen LogP contribution >= 0.6 is 0 Å². The zero-order valence-corrected chi connectivity index (χ0v) is 8.21. The number of hydrogen-bond donors (Lipinski definition) is 1. The molecule has 0 amide bonds. The molecule has 0 bridgehead atoms. The highest BCUT2D eigenvalue weighted by atomic mass is 19.4. The highest BCUT2D eigenvalue weighted by Crippen LogP contribution is 2.38. The summed E-state index contributed by atoms with van der Waals surface area (Å²) in [6, 6.07) is 1.75. The molecular formula is C9H8F3NO3. The molecule has 16 heavy (non-hydrogen) atoms. The van der Waals surface area contributed by atoms with E-state index in [1.807, 2.05) is 0 Å². The molecule has 0 aromatic heterocycles. The molecule has 0 unspecified atom stereocenters. The van der Waals surface area contributed by atoms with Crippen molar-refractivity contribution in [2.75, 3.05) is 0 Å². The summed E-state index contributed by atoms with van der Waals surface area (Å²) in [6.45, 7) is 0.606. The van der Waals surface area contributed by atoms with E-state index in [4.69, 9.17) is 5.11 Å². The van der Waals surface area contributed by atoms with Crippen molar-refractivity contribution in [3.63, 3.8) is 0 Å². The fraction of sp³-hybridized carbons (Fsp3) is 0.333. The van der Waals surface area contributed by atoms with Gasteiger partial charge in [-0.2, -0.15) is 13.2 Å². The highest BCUT2D eigenvalue weighted by molar-refractivity contribution is 5.51. The summed E-state index contributed by atoms with van der Waals surface area (Å²) < 4.78 is 37.6. The van der Waals surface area contributed by atoms with Gasteiger partial charge >= 0.3 is 6.18 Å². The van der Waals surface area contributed by atoms with Crippen LogP contribution in [0.4, 0.5) is 18.9 Å². The maximum Gasteiger partial charge on any atom is 0.423 e. The maximum absolute atomic E-state index is 12.5. The van der Waals surface area contributed by atoms with Crippen molar-refractivity contribution in [3.8, 4) is 0 Å². The van der Waals surface area contributed by atoms with Crippen LogP contribution in [0, 0.1) is 17.0 Å². The topological polar surface area (TPSA) is 63.4 Å². The number of nitrogens with zero attached hydrogens (tertiary/aromatic N) is 1. The summed E-state index contributed by atoms with van der Waals surface area (Å²) in [6.07, 6.45) is -4.81. The molecule has 0 aliphatic carbocycles. The van der Waals surface area contributed by atoms with Crippen LogP contribution < -0.4 is 0 Å². The van der Waals surface area contributed by atoms with Crippen LogP contribution in [0.1, 0.15) is 16.7 Å². The van der Waals surface area contributed by atoms with E-state index in [0.29, 0.717) is 6.07 Å². The summed E-state index contributed by atoms with van der Waals surface area (Å²) >= 11 is 0. The number of aliphatic hydroxyl groups excluding tert-OH is 1. The van der Waals surface area contributed by atoms with Crippen molar-refractivity contribution in [2.45, 2.75) is 19.7 Å². The van der Waals surface area contributed by atoms with E-state index in [1.165, 1.54) is 6.92 Å². The van der Waals surface area contributed by atoms with Crippen LogP contribution in [0.5, 0.6) is 0 Å². The number of aliphatic hydroxyl groups is 1. The van der Waals surface area contributed by atoms with Crippen molar-refractivity contribution < 1.29 is 23.2 Å². The third-order valence-electron chi connectivity index (χ3n) is 2.03. The first-order valence-electron chi connectivity index (χ1n) is 4.23. The number of alkyl halides is 3. The van der Waals surface area contributed by atoms with Gasteiger partial charge in [-0.15, -0.1) is 0 Å². The van der Waals surface area contributed by atoms with Crippen molar-refractivity contribution in [1.29, 1.82) is 0 Å². The Morgan fingerprint density at radius 3 is 2.38 bits per heavy atom. The van der Waals surface area contributed by atoms with E-state index in [0.717, 1.165) is 6.07 Å². The number of aryl methyl sites for hydroxylation is 1. The maximum atomic E-state index is 12.5. The Hall–Kier alpha value is -1.63. The predicted molar refractivity (Wildman–Crippen MR) is 48.8 cm³/mol. The van der Waals surface area contributed by atoms with Crippen LogP contribution in [0.25, 0.3) is 0 Å². The van der Waals surface area contributed by atoms with Gasteiger partial charge in [-0.1, -0.05) is 0 Å². The molecule has 4 nitrogen and oxygen atoms in total. The van der Waals surface area contributed by atoms with Gasteiger partial charge in [0.1, 0.15) is 5.56 Å². The minimum absolute atomic E-state index is 0.00424. The molecule has 0 spiro atoms. The molecule has 1 N–H and O–H groups in total. The van der Waals surface area contributed by atoms with Crippen LogP contribution in [0.2, 0.25) is 0 Å². The van der Waals surface area contributed by atoms with E-state index in [9.17, 15) is 23.3 Å². The first kappa shape index (κ1) is 12.4. The molecule has 1 aromatic rings. The smallest absolute Gasteiger partial charge is 0.392 e. The second-order valence-corrected chi connectivity index (χ2v) is 3.22. The molecule has 0 saturated heterocycles. The van der Waals surface area contributed by atoms with E-state index in [1.54, 1.807) is 0 Å². The van der Waals surface area contributed by atoms with Crippen molar-refractivity contribution in [1.82, 2.24) is 0 Å². The van der Waals surface area contributed by atoms with Gasteiger partial charge in [-0.05, 0) is 24.6 Å². The average Bonchev–Trinajstić information content (AvgIpc) is 2.14. The zero-order valence-electron chi connectivity index (χ0n) is 8.21. The van der Waals surface area contributed by atoms with Crippen molar-refractivity contribution in [2.24, 2.45) is 0 Å². The fourth-order valence-electron chi connectivity index (χ4n) is 1.40. The minimum atomic E-state index is -4.81. The Labute approximate surface area is 88.5 Å². The van der Waals surface area contributed by atoms with Gasteiger partial charge in [-0.3, -0.25) is 10.1 Å². The Morgan fingerprint density at radius 2 is 2.00 bits per heavy atom. The van der Waals surface area contributed by atoms with E-state index in [-0.39, 0.29) is 11.1 Å². The summed E-state index contributed by atoms with van der Waals surface area (Å²) in [5.41, 5.74) is -2.43.